The lowest BCUT2D eigenvalue weighted by molar-refractivity contribution is -0.0496. The summed E-state index contributed by atoms with van der Waals surface area (Å²) in [5, 5.41) is 0. The number of ether oxygens (including phenoxy) is 1. The Labute approximate surface area is 195 Å². The van der Waals surface area contributed by atoms with Crippen LogP contribution in [0.1, 0.15) is 127 Å². The van der Waals surface area contributed by atoms with Crippen molar-refractivity contribution in [3.63, 3.8) is 0 Å². The van der Waals surface area contributed by atoms with Crippen LogP contribution in [-0.2, 0) is 4.74 Å². The molecule has 182 valence electrons. The van der Waals surface area contributed by atoms with Crippen LogP contribution in [0.4, 0.5) is 0 Å². The van der Waals surface area contributed by atoms with Gasteiger partial charge in [0.05, 0.1) is 6.10 Å². The molecule has 4 saturated carbocycles. The molecule has 1 nitrogen and oxygen atoms in total. The molecule has 0 aliphatic heterocycles. The fourth-order valence-electron chi connectivity index (χ4n) is 9.04. The zero-order valence-electron chi connectivity index (χ0n) is 22.7. The van der Waals surface area contributed by atoms with Gasteiger partial charge in [0, 0.05) is 6.61 Å². The third kappa shape index (κ3) is 4.93. The van der Waals surface area contributed by atoms with Gasteiger partial charge >= 0.3 is 0 Å². The molecule has 0 amide bonds. The van der Waals surface area contributed by atoms with Crippen molar-refractivity contribution < 1.29 is 4.74 Å². The maximum Gasteiger partial charge on any atom is 0.0578 e. The Balaban J connectivity index is 0.000000858. The lowest BCUT2D eigenvalue weighted by Crippen LogP contribution is -2.41. The van der Waals surface area contributed by atoms with Gasteiger partial charge in [-0.05, 0) is 96.7 Å². The predicted molar refractivity (Wildman–Crippen MR) is 135 cm³/mol. The van der Waals surface area contributed by atoms with E-state index in [1.54, 1.807) is 0 Å². The van der Waals surface area contributed by atoms with E-state index in [-0.39, 0.29) is 0 Å². The Bertz CT molecular complexity index is 573. The topological polar surface area (TPSA) is 9.23 Å². The highest BCUT2D eigenvalue weighted by Gasteiger charge is 2.67. The van der Waals surface area contributed by atoms with Crippen LogP contribution in [0.15, 0.2) is 0 Å². The van der Waals surface area contributed by atoms with E-state index in [0.717, 1.165) is 36.2 Å². The largest absolute Gasteiger partial charge is 0.378 e. The second-order valence-corrected chi connectivity index (χ2v) is 13.9. The van der Waals surface area contributed by atoms with E-state index >= 15 is 0 Å². The minimum absolute atomic E-state index is 0.526. The molecule has 0 aromatic rings. The molecule has 0 aromatic carbocycles. The molecular weight excluding hydrogens is 376 g/mol. The van der Waals surface area contributed by atoms with Gasteiger partial charge < -0.3 is 4.74 Å². The molecule has 0 saturated heterocycles. The normalized spacial score (nSPS) is 43.6. The Hall–Kier alpha value is -0.0400. The second kappa shape index (κ2) is 9.68. The highest BCUT2D eigenvalue weighted by molar-refractivity contribution is 5.16. The summed E-state index contributed by atoms with van der Waals surface area (Å²) in [4.78, 5) is 0. The van der Waals surface area contributed by atoms with Crippen molar-refractivity contribution in [2.45, 2.75) is 133 Å². The summed E-state index contributed by atoms with van der Waals surface area (Å²) in [5.41, 5.74) is 1.67. The van der Waals surface area contributed by atoms with Gasteiger partial charge in [-0.2, -0.15) is 0 Å². The van der Waals surface area contributed by atoms with Crippen LogP contribution >= 0.6 is 0 Å². The van der Waals surface area contributed by atoms with Crippen molar-refractivity contribution in [1.82, 2.24) is 0 Å². The first-order chi connectivity index (χ1) is 14.5. The molecule has 31 heavy (non-hydrogen) atoms. The molecular formula is C30H56O. The highest BCUT2D eigenvalue weighted by Crippen LogP contribution is 2.75. The van der Waals surface area contributed by atoms with Crippen molar-refractivity contribution >= 4 is 0 Å². The molecule has 4 fully saturated rings. The van der Waals surface area contributed by atoms with Crippen molar-refractivity contribution in [2.24, 2.45) is 51.8 Å². The van der Waals surface area contributed by atoms with Crippen LogP contribution in [-0.4, -0.2) is 12.7 Å². The summed E-state index contributed by atoms with van der Waals surface area (Å²) in [6.07, 6.45) is 14.6. The summed E-state index contributed by atoms with van der Waals surface area (Å²) < 4.78 is 6.52. The Morgan fingerprint density at radius 1 is 0.774 bits per heavy atom. The van der Waals surface area contributed by atoms with Gasteiger partial charge in [0.1, 0.15) is 0 Å². The van der Waals surface area contributed by atoms with Crippen LogP contribution in [0.5, 0.6) is 0 Å². The van der Waals surface area contributed by atoms with Crippen LogP contribution in [0, 0.1) is 51.8 Å². The summed E-state index contributed by atoms with van der Waals surface area (Å²) in [6.45, 7) is 22.9. The fraction of sp³-hybridized carbons (Fsp3) is 1.00. The molecule has 0 N–H and O–H groups in total. The molecule has 1 heteroatoms. The van der Waals surface area contributed by atoms with E-state index in [4.69, 9.17) is 4.74 Å². The second-order valence-electron chi connectivity index (χ2n) is 13.9. The first-order valence-corrected chi connectivity index (χ1v) is 14.1. The van der Waals surface area contributed by atoms with E-state index in [1.165, 1.54) is 64.2 Å². The average Bonchev–Trinajstić information content (AvgIpc) is 3.06. The highest BCUT2D eigenvalue weighted by atomic mass is 16.5. The van der Waals surface area contributed by atoms with E-state index in [9.17, 15) is 0 Å². The zero-order chi connectivity index (χ0) is 23.0. The van der Waals surface area contributed by atoms with Crippen molar-refractivity contribution in [1.29, 1.82) is 0 Å². The van der Waals surface area contributed by atoms with Crippen LogP contribution in [0.25, 0.3) is 0 Å². The third-order valence-electron chi connectivity index (χ3n) is 10.3. The smallest absolute Gasteiger partial charge is 0.0578 e. The summed E-state index contributed by atoms with van der Waals surface area (Å²) >= 11 is 0. The quantitative estimate of drug-likeness (QED) is 0.430. The third-order valence-corrected chi connectivity index (χ3v) is 10.3. The average molecular weight is 433 g/mol. The van der Waals surface area contributed by atoms with Crippen LogP contribution in [0.3, 0.4) is 0 Å². The fourth-order valence-corrected chi connectivity index (χ4v) is 9.04. The van der Waals surface area contributed by atoms with Gasteiger partial charge in [-0.15, -0.1) is 0 Å². The first kappa shape index (κ1) is 25.6. The summed E-state index contributed by atoms with van der Waals surface area (Å²) in [5.74, 6) is 5.45. The SMILES string of the molecule is CCC.CCC(C)COC1CCC2C(C1)C1(CC(C)(C)C3CCC(C)CC31)CC2(C)C. The number of rotatable bonds is 4. The summed E-state index contributed by atoms with van der Waals surface area (Å²) in [7, 11) is 0. The maximum absolute atomic E-state index is 6.52. The van der Waals surface area contributed by atoms with E-state index in [0.29, 0.717) is 28.3 Å². The maximum atomic E-state index is 6.52. The van der Waals surface area contributed by atoms with Gasteiger partial charge in [-0.1, -0.05) is 81.6 Å². The molecule has 0 radical (unpaired) electrons. The number of hydrogen-bond donors (Lipinski definition) is 0. The van der Waals surface area contributed by atoms with E-state index < -0.39 is 0 Å². The Morgan fingerprint density at radius 3 is 1.84 bits per heavy atom. The van der Waals surface area contributed by atoms with Gasteiger partial charge in [0.25, 0.3) is 0 Å². The van der Waals surface area contributed by atoms with Gasteiger partial charge in [0.15, 0.2) is 0 Å². The van der Waals surface area contributed by atoms with E-state index in [2.05, 4.69) is 62.3 Å². The lowest BCUT2D eigenvalue weighted by Gasteiger charge is -2.47. The summed E-state index contributed by atoms with van der Waals surface area (Å²) in [6, 6.07) is 0. The molecule has 8 atom stereocenters. The minimum atomic E-state index is 0.526. The molecule has 0 heterocycles. The molecule has 1 spiro atoms. The number of fused-ring (bicyclic) bond motifs is 4. The van der Waals surface area contributed by atoms with Crippen molar-refractivity contribution in [3.05, 3.63) is 0 Å². The molecule has 0 bridgehead atoms. The Morgan fingerprint density at radius 2 is 1.29 bits per heavy atom. The molecule has 0 aromatic heterocycles. The minimum Gasteiger partial charge on any atom is -0.378 e. The molecule has 8 unspecified atom stereocenters. The molecule has 4 rings (SSSR count). The molecule has 4 aliphatic carbocycles. The Kier molecular flexibility index (Phi) is 7.98. The van der Waals surface area contributed by atoms with Crippen molar-refractivity contribution in [2.75, 3.05) is 6.61 Å². The van der Waals surface area contributed by atoms with Crippen molar-refractivity contribution in [3.8, 4) is 0 Å². The lowest BCUT2D eigenvalue weighted by atomic mass is 9.59. The van der Waals surface area contributed by atoms with Crippen LogP contribution in [0.2, 0.25) is 0 Å². The van der Waals surface area contributed by atoms with Gasteiger partial charge in [0.2, 0.25) is 0 Å². The standard InChI is InChI=1S/C27H48O.C3H8/c1-8-18(2)15-28-20-10-12-22-24(14-20)27(17-26(22,6)7)16-25(4,5)21-11-9-19(3)13-23(21)27;1-3-2/h18-24H,8-17H2,1-7H3;3H2,1-2H3. The van der Waals surface area contributed by atoms with Gasteiger partial charge in [-0.25, -0.2) is 0 Å². The number of hydrogen-bond acceptors (Lipinski definition) is 1. The zero-order valence-corrected chi connectivity index (χ0v) is 22.7. The van der Waals surface area contributed by atoms with E-state index in [1.807, 2.05) is 0 Å². The monoisotopic (exact) mass is 432 g/mol. The van der Waals surface area contributed by atoms with Gasteiger partial charge in [-0.3, -0.25) is 0 Å². The molecule has 4 aliphatic rings. The first-order valence-electron chi connectivity index (χ1n) is 14.1. The predicted octanol–water partition coefficient (Wildman–Crippen LogP) is 9.15. The van der Waals surface area contributed by atoms with Crippen LogP contribution < -0.4 is 0 Å².